The quantitative estimate of drug-likeness (QED) is 0.548. The van der Waals surface area contributed by atoms with E-state index >= 15 is 0 Å². The minimum Gasteiger partial charge on any atom is -0.352 e. The first-order valence-electron chi connectivity index (χ1n) is 7.06. The molecule has 1 aliphatic carbocycles. The largest absolute Gasteiger partial charge is 0.352 e. The van der Waals surface area contributed by atoms with Gasteiger partial charge in [0.25, 0.3) is 0 Å². The van der Waals surface area contributed by atoms with Gasteiger partial charge in [-0.15, -0.1) is 0 Å². The summed E-state index contributed by atoms with van der Waals surface area (Å²) in [6.07, 6.45) is 8.51. The van der Waals surface area contributed by atoms with Crippen LogP contribution in [0, 0.1) is 0 Å². The molecular weight excluding hydrogens is 324 g/mol. The van der Waals surface area contributed by atoms with Crippen LogP contribution in [0.4, 0.5) is 0 Å². The van der Waals surface area contributed by atoms with E-state index in [0.29, 0.717) is 12.5 Å². The van der Waals surface area contributed by atoms with Crippen molar-refractivity contribution in [2.75, 3.05) is 0 Å². The van der Waals surface area contributed by atoms with Gasteiger partial charge in [0.1, 0.15) is 0 Å². The summed E-state index contributed by atoms with van der Waals surface area (Å²) in [6, 6.07) is 20.7. The van der Waals surface area contributed by atoms with Crippen LogP contribution >= 0.6 is 15.9 Å². The Morgan fingerprint density at radius 3 is 2.05 bits per heavy atom. The average Bonchev–Trinajstić information content (AvgIpc) is 2.56. The molecule has 0 spiro atoms. The maximum Gasteiger partial charge on any atom is 0.160 e. The summed E-state index contributed by atoms with van der Waals surface area (Å²) >= 11 is 3.66. The fourth-order valence-corrected chi connectivity index (χ4v) is 2.77. The molecule has 0 heterocycles. The van der Waals surface area contributed by atoms with E-state index in [0.717, 1.165) is 0 Å². The van der Waals surface area contributed by atoms with Gasteiger partial charge in [-0.2, -0.15) is 0 Å². The topological polar surface area (TPSA) is 9.23 Å². The molecule has 0 aromatic heterocycles. The van der Waals surface area contributed by atoms with Crippen LogP contribution in [0.1, 0.15) is 17.0 Å². The molecule has 0 fully saturated rings. The Morgan fingerprint density at radius 2 is 1.43 bits per heavy atom. The number of benzene rings is 2. The number of rotatable bonds is 4. The Kier molecular flexibility index (Phi) is 4.37. The van der Waals surface area contributed by atoms with Crippen LogP contribution in [0.3, 0.4) is 0 Å². The summed E-state index contributed by atoms with van der Waals surface area (Å²) in [7, 11) is 0. The van der Waals surface area contributed by atoms with Crippen molar-refractivity contribution in [1.29, 1.82) is 0 Å². The number of hydrogen-bond acceptors (Lipinski definition) is 1. The monoisotopic (exact) mass is 340 g/mol. The zero-order chi connectivity index (χ0) is 14.5. The number of halogens is 1. The fourth-order valence-electron chi connectivity index (χ4n) is 2.35. The molecule has 0 amide bonds. The highest BCUT2D eigenvalue weighted by Gasteiger charge is 2.24. The van der Waals surface area contributed by atoms with Gasteiger partial charge < -0.3 is 4.74 Å². The third-order valence-electron chi connectivity index (χ3n) is 3.55. The van der Waals surface area contributed by atoms with Gasteiger partial charge in [0.05, 0.1) is 6.61 Å². The second-order valence-electron chi connectivity index (χ2n) is 5.13. The fraction of sp³-hybridized carbons (Fsp3) is 0.158. The van der Waals surface area contributed by atoms with Gasteiger partial charge in [0.2, 0.25) is 0 Å². The van der Waals surface area contributed by atoms with Gasteiger partial charge in [-0.1, -0.05) is 72.8 Å². The molecule has 21 heavy (non-hydrogen) atoms. The number of alkyl halides is 1. The Balaban J connectivity index is 1.65. The Labute approximate surface area is 134 Å². The van der Waals surface area contributed by atoms with E-state index in [1.807, 2.05) is 24.3 Å². The molecule has 0 saturated carbocycles. The van der Waals surface area contributed by atoms with Crippen LogP contribution in [0.15, 0.2) is 85.0 Å². The van der Waals surface area contributed by atoms with Gasteiger partial charge in [-0.05, 0) is 39.2 Å². The molecule has 1 aliphatic rings. The third kappa shape index (κ3) is 3.72. The Morgan fingerprint density at radius 1 is 0.857 bits per heavy atom. The number of allylic oxidation sites excluding steroid dienone is 2. The standard InChI is InChI=1S/C19H17BrO/c20-19(21-15-16-7-3-1-4-8-16)13-11-18(12-14-19)17-9-5-2-6-10-17/h1-14,18H,15H2. The van der Waals surface area contributed by atoms with Crippen molar-refractivity contribution in [2.24, 2.45) is 0 Å². The molecular formula is C19H17BrO. The van der Waals surface area contributed by atoms with Crippen molar-refractivity contribution < 1.29 is 4.74 Å². The summed E-state index contributed by atoms with van der Waals surface area (Å²) in [6.45, 7) is 0.580. The maximum atomic E-state index is 5.98. The van der Waals surface area contributed by atoms with Crippen molar-refractivity contribution in [2.45, 2.75) is 17.0 Å². The lowest BCUT2D eigenvalue weighted by Crippen LogP contribution is -2.21. The minimum absolute atomic E-state index is 0.317. The van der Waals surface area contributed by atoms with Gasteiger partial charge in [-0.25, -0.2) is 0 Å². The van der Waals surface area contributed by atoms with Crippen LogP contribution < -0.4 is 0 Å². The van der Waals surface area contributed by atoms with E-state index in [-0.39, 0.29) is 0 Å². The first-order chi connectivity index (χ1) is 10.3. The zero-order valence-electron chi connectivity index (χ0n) is 11.7. The normalized spacial score (nSPS) is 24.1. The molecule has 0 aliphatic heterocycles. The number of ether oxygens (including phenoxy) is 1. The van der Waals surface area contributed by atoms with E-state index in [4.69, 9.17) is 4.74 Å². The van der Waals surface area contributed by atoms with E-state index in [2.05, 4.69) is 76.6 Å². The van der Waals surface area contributed by atoms with Crippen molar-refractivity contribution in [3.63, 3.8) is 0 Å². The van der Waals surface area contributed by atoms with Gasteiger partial charge in [-0.3, -0.25) is 0 Å². The second-order valence-corrected chi connectivity index (χ2v) is 6.37. The first kappa shape index (κ1) is 14.3. The van der Waals surface area contributed by atoms with Crippen LogP contribution in [-0.2, 0) is 11.3 Å². The molecule has 0 unspecified atom stereocenters. The van der Waals surface area contributed by atoms with Crippen LogP contribution in [0.5, 0.6) is 0 Å². The molecule has 2 aromatic carbocycles. The summed E-state index contributed by atoms with van der Waals surface area (Å²) in [5.74, 6) is 0.317. The summed E-state index contributed by atoms with van der Waals surface area (Å²) < 4.78 is 5.48. The lowest BCUT2D eigenvalue weighted by molar-refractivity contribution is 0.0819. The van der Waals surface area contributed by atoms with Crippen molar-refractivity contribution in [1.82, 2.24) is 0 Å². The first-order valence-corrected chi connectivity index (χ1v) is 7.85. The van der Waals surface area contributed by atoms with Gasteiger partial charge in [0, 0.05) is 5.92 Å². The molecule has 106 valence electrons. The third-order valence-corrected chi connectivity index (χ3v) is 4.31. The molecule has 0 saturated heterocycles. The minimum atomic E-state index is -0.506. The molecule has 0 N–H and O–H groups in total. The molecule has 1 nitrogen and oxygen atoms in total. The molecule has 2 aromatic rings. The predicted molar refractivity (Wildman–Crippen MR) is 90.4 cm³/mol. The van der Waals surface area contributed by atoms with Gasteiger partial charge in [0.15, 0.2) is 4.51 Å². The van der Waals surface area contributed by atoms with Crippen LogP contribution in [0.25, 0.3) is 0 Å². The van der Waals surface area contributed by atoms with Gasteiger partial charge >= 0.3 is 0 Å². The molecule has 2 heteroatoms. The molecule has 0 bridgehead atoms. The van der Waals surface area contributed by atoms with Crippen molar-refractivity contribution in [3.05, 3.63) is 96.1 Å². The SMILES string of the molecule is BrC1(OCc2ccccc2)C=CC(c2ccccc2)C=C1. The highest BCUT2D eigenvalue weighted by atomic mass is 79.9. The highest BCUT2D eigenvalue weighted by molar-refractivity contribution is 9.10. The Bertz CT molecular complexity index is 617. The average molecular weight is 341 g/mol. The smallest absolute Gasteiger partial charge is 0.160 e. The molecule has 0 atom stereocenters. The van der Waals surface area contributed by atoms with Crippen LogP contribution in [-0.4, -0.2) is 4.51 Å². The lowest BCUT2D eigenvalue weighted by Gasteiger charge is -2.25. The van der Waals surface area contributed by atoms with E-state index < -0.39 is 4.51 Å². The van der Waals surface area contributed by atoms with Crippen LogP contribution in [0.2, 0.25) is 0 Å². The van der Waals surface area contributed by atoms with E-state index in [1.54, 1.807) is 0 Å². The Hall–Kier alpha value is -1.64. The zero-order valence-corrected chi connectivity index (χ0v) is 13.2. The van der Waals surface area contributed by atoms with E-state index in [9.17, 15) is 0 Å². The van der Waals surface area contributed by atoms with Crippen molar-refractivity contribution in [3.8, 4) is 0 Å². The predicted octanol–water partition coefficient (Wildman–Crippen LogP) is 5.20. The summed E-state index contributed by atoms with van der Waals surface area (Å²) in [5.41, 5.74) is 2.46. The number of hydrogen-bond donors (Lipinski definition) is 0. The summed E-state index contributed by atoms with van der Waals surface area (Å²) in [5, 5.41) is 0. The van der Waals surface area contributed by atoms with Crippen molar-refractivity contribution >= 4 is 15.9 Å². The second kappa shape index (κ2) is 6.42. The lowest BCUT2D eigenvalue weighted by atomic mass is 9.94. The summed E-state index contributed by atoms with van der Waals surface area (Å²) in [4.78, 5) is 0. The molecule has 3 rings (SSSR count). The highest BCUT2D eigenvalue weighted by Crippen LogP contribution is 2.33. The van der Waals surface area contributed by atoms with E-state index in [1.165, 1.54) is 11.1 Å². The molecule has 0 radical (unpaired) electrons. The maximum absolute atomic E-state index is 5.98.